The molecule has 17 heavy (non-hydrogen) atoms. The second-order valence-corrected chi connectivity index (χ2v) is 4.48. The zero-order valence-corrected chi connectivity index (χ0v) is 10.1. The number of nitrogens with zero attached hydrogens (tertiary/aromatic N) is 2. The summed E-state index contributed by atoms with van der Waals surface area (Å²) in [7, 11) is 0. The summed E-state index contributed by atoms with van der Waals surface area (Å²) in [5.41, 5.74) is 6.83. The summed E-state index contributed by atoms with van der Waals surface area (Å²) in [5.74, 6) is -0.0324. The van der Waals surface area contributed by atoms with Crippen LogP contribution in [0.25, 0.3) is 0 Å². The standard InChI is InChI=1S/C12H11N3OS/c1-8(16)10-4-3-9(7-11(10)13)17-12-14-5-2-6-15-12/h2-7H,13H2,1H3. The smallest absolute Gasteiger partial charge is 0.192 e. The van der Waals surface area contributed by atoms with Crippen LogP contribution in [0.5, 0.6) is 0 Å². The molecule has 0 radical (unpaired) electrons. The van der Waals surface area contributed by atoms with Crippen molar-refractivity contribution in [2.75, 3.05) is 5.73 Å². The maximum atomic E-state index is 11.2. The van der Waals surface area contributed by atoms with Gasteiger partial charge in [-0.3, -0.25) is 4.79 Å². The second kappa shape index (κ2) is 4.97. The number of carbonyl (C=O) groups is 1. The van der Waals surface area contributed by atoms with Crippen LogP contribution in [0, 0.1) is 0 Å². The Morgan fingerprint density at radius 3 is 2.59 bits per heavy atom. The van der Waals surface area contributed by atoms with Gasteiger partial charge >= 0.3 is 0 Å². The molecule has 0 spiro atoms. The minimum Gasteiger partial charge on any atom is -0.398 e. The first-order chi connectivity index (χ1) is 8.16. The molecule has 2 N–H and O–H groups in total. The lowest BCUT2D eigenvalue weighted by atomic mass is 10.1. The molecule has 0 saturated heterocycles. The molecule has 4 nitrogen and oxygen atoms in total. The van der Waals surface area contributed by atoms with Crippen molar-refractivity contribution in [2.24, 2.45) is 0 Å². The third kappa shape index (κ3) is 2.82. The van der Waals surface area contributed by atoms with Gasteiger partial charge in [0.05, 0.1) is 0 Å². The molecule has 86 valence electrons. The normalized spacial score (nSPS) is 10.2. The highest BCUT2D eigenvalue weighted by molar-refractivity contribution is 7.99. The van der Waals surface area contributed by atoms with Crippen LogP contribution >= 0.6 is 11.8 Å². The van der Waals surface area contributed by atoms with Crippen molar-refractivity contribution >= 4 is 23.2 Å². The molecule has 0 saturated carbocycles. The first kappa shape index (κ1) is 11.6. The molecule has 0 aliphatic carbocycles. The van der Waals surface area contributed by atoms with E-state index in [1.54, 1.807) is 30.6 Å². The maximum absolute atomic E-state index is 11.2. The second-order valence-electron chi connectivity index (χ2n) is 3.44. The molecule has 0 atom stereocenters. The Hall–Kier alpha value is -1.88. The number of Topliss-reactive ketones (excluding diaryl/α,β-unsaturated/α-hetero) is 1. The van der Waals surface area contributed by atoms with E-state index >= 15 is 0 Å². The number of hydrogen-bond acceptors (Lipinski definition) is 5. The third-order valence-electron chi connectivity index (χ3n) is 2.15. The van der Waals surface area contributed by atoms with Crippen molar-refractivity contribution in [3.63, 3.8) is 0 Å². The third-order valence-corrected chi connectivity index (χ3v) is 3.04. The predicted molar refractivity (Wildman–Crippen MR) is 67.0 cm³/mol. The Labute approximate surface area is 103 Å². The Kier molecular flexibility index (Phi) is 3.39. The van der Waals surface area contributed by atoms with Gasteiger partial charge in [-0.2, -0.15) is 0 Å². The van der Waals surface area contributed by atoms with Crippen LogP contribution in [0.15, 0.2) is 46.7 Å². The van der Waals surface area contributed by atoms with Gasteiger partial charge in [0, 0.05) is 28.5 Å². The summed E-state index contributed by atoms with van der Waals surface area (Å²) in [6, 6.07) is 7.09. The lowest BCUT2D eigenvalue weighted by Gasteiger charge is -2.04. The number of anilines is 1. The number of carbonyl (C=O) groups excluding carboxylic acids is 1. The summed E-state index contributed by atoms with van der Waals surface area (Å²) in [6.07, 6.45) is 3.37. The Morgan fingerprint density at radius 2 is 2.00 bits per heavy atom. The van der Waals surface area contributed by atoms with Crippen molar-refractivity contribution in [2.45, 2.75) is 17.0 Å². The Balaban J connectivity index is 2.24. The molecule has 1 heterocycles. The minimum atomic E-state index is -0.0324. The van der Waals surface area contributed by atoms with Gasteiger partial charge in [-0.1, -0.05) is 0 Å². The van der Waals surface area contributed by atoms with E-state index in [1.807, 2.05) is 6.07 Å². The van der Waals surface area contributed by atoms with E-state index in [0.717, 1.165) is 4.90 Å². The molecular formula is C12H11N3OS. The molecule has 0 bridgehead atoms. The van der Waals surface area contributed by atoms with Crippen molar-refractivity contribution in [1.29, 1.82) is 0 Å². The van der Waals surface area contributed by atoms with Gasteiger partial charge in [0.15, 0.2) is 10.9 Å². The van der Waals surface area contributed by atoms with E-state index in [4.69, 9.17) is 5.73 Å². The first-order valence-corrected chi connectivity index (χ1v) is 5.84. The number of aromatic nitrogens is 2. The highest BCUT2D eigenvalue weighted by Crippen LogP contribution is 2.27. The van der Waals surface area contributed by atoms with Crippen molar-refractivity contribution < 1.29 is 4.79 Å². The monoisotopic (exact) mass is 245 g/mol. The first-order valence-electron chi connectivity index (χ1n) is 5.02. The highest BCUT2D eigenvalue weighted by Gasteiger charge is 2.06. The summed E-state index contributed by atoms with van der Waals surface area (Å²) in [6.45, 7) is 1.50. The molecule has 0 unspecified atom stereocenters. The fourth-order valence-corrected chi connectivity index (χ4v) is 2.13. The van der Waals surface area contributed by atoms with Crippen LogP contribution in [-0.4, -0.2) is 15.8 Å². The van der Waals surface area contributed by atoms with Crippen LogP contribution < -0.4 is 5.73 Å². The van der Waals surface area contributed by atoms with Gasteiger partial charge in [-0.15, -0.1) is 0 Å². The Morgan fingerprint density at radius 1 is 1.29 bits per heavy atom. The van der Waals surface area contributed by atoms with E-state index in [0.29, 0.717) is 16.4 Å². The summed E-state index contributed by atoms with van der Waals surface area (Å²) < 4.78 is 0. The average Bonchev–Trinajstić information content (AvgIpc) is 2.30. The Bertz CT molecular complexity index is 543. The van der Waals surface area contributed by atoms with E-state index in [9.17, 15) is 4.79 Å². The van der Waals surface area contributed by atoms with Gasteiger partial charge in [0.2, 0.25) is 0 Å². The molecule has 1 aromatic carbocycles. The quantitative estimate of drug-likeness (QED) is 0.511. The van der Waals surface area contributed by atoms with Gasteiger partial charge in [-0.25, -0.2) is 9.97 Å². The fourth-order valence-electron chi connectivity index (χ4n) is 1.37. The zero-order chi connectivity index (χ0) is 12.3. The van der Waals surface area contributed by atoms with Crippen LogP contribution in [-0.2, 0) is 0 Å². The van der Waals surface area contributed by atoms with Crippen molar-refractivity contribution in [1.82, 2.24) is 9.97 Å². The van der Waals surface area contributed by atoms with Gasteiger partial charge in [0.25, 0.3) is 0 Å². The van der Waals surface area contributed by atoms with Crippen molar-refractivity contribution in [3.05, 3.63) is 42.2 Å². The van der Waals surface area contributed by atoms with Gasteiger partial charge in [0.1, 0.15) is 0 Å². The number of hydrogen-bond donors (Lipinski definition) is 1. The van der Waals surface area contributed by atoms with Gasteiger partial charge in [-0.05, 0) is 43.0 Å². The SMILES string of the molecule is CC(=O)c1ccc(Sc2ncccn2)cc1N. The van der Waals surface area contributed by atoms with E-state index in [1.165, 1.54) is 18.7 Å². The predicted octanol–water partition coefficient (Wildman–Crippen LogP) is 2.41. The van der Waals surface area contributed by atoms with Crippen LogP contribution in [0.4, 0.5) is 5.69 Å². The molecule has 2 aromatic rings. The molecule has 0 fully saturated rings. The van der Waals surface area contributed by atoms with E-state index in [-0.39, 0.29) is 5.78 Å². The topological polar surface area (TPSA) is 68.9 Å². The van der Waals surface area contributed by atoms with Gasteiger partial charge < -0.3 is 5.73 Å². The molecule has 0 aliphatic heterocycles. The van der Waals surface area contributed by atoms with Crippen LogP contribution in [0.1, 0.15) is 17.3 Å². The zero-order valence-electron chi connectivity index (χ0n) is 9.25. The summed E-state index contributed by atoms with van der Waals surface area (Å²) in [5, 5.41) is 0.655. The lowest BCUT2D eigenvalue weighted by Crippen LogP contribution is -1.99. The van der Waals surface area contributed by atoms with E-state index in [2.05, 4.69) is 9.97 Å². The fraction of sp³-hybridized carbons (Fsp3) is 0.0833. The number of rotatable bonds is 3. The van der Waals surface area contributed by atoms with Crippen molar-refractivity contribution in [3.8, 4) is 0 Å². The average molecular weight is 245 g/mol. The number of ketones is 1. The number of nitrogens with two attached hydrogens (primary N) is 1. The highest BCUT2D eigenvalue weighted by atomic mass is 32.2. The summed E-state index contributed by atoms with van der Waals surface area (Å²) >= 11 is 1.41. The molecule has 2 rings (SSSR count). The number of nitrogen functional groups attached to an aromatic ring is 1. The van der Waals surface area contributed by atoms with E-state index < -0.39 is 0 Å². The molecular weight excluding hydrogens is 234 g/mol. The molecule has 5 heteroatoms. The maximum Gasteiger partial charge on any atom is 0.192 e. The molecule has 0 aliphatic rings. The molecule has 0 amide bonds. The summed E-state index contributed by atoms with van der Waals surface area (Å²) in [4.78, 5) is 20.4. The number of benzene rings is 1. The lowest BCUT2D eigenvalue weighted by molar-refractivity contribution is 0.101. The minimum absolute atomic E-state index is 0.0324. The molecule has 1 aromatic heterocycles. The van der Waals surface area contributed by atoms with Crippen LogP contribution in [0.3, 0.4) is 0 Å². The largest absolute Gasteiger partial charge is 0.398 e. The van der Waals surface area contributed by atoms with Crippen LogP contribution in [0.2, 0.25) is 0 Å².